The zero-order valence-electron chi connectivity index (χ0n) is 10.9. The van der Waals surface area contributed by atoms with E-state index >= 15 is 0 Å². The molecule has 0 radical (unpaired) electrons. The Labute approximate surface area is 126 Å². The molecule has 3 rings (SSSR count). The Hall–Kier alpha value is -0.840. The van der Waals surface area contributed by atoms with Gasteiger partial charge in [-0.1, -0.05) is 18.2 Å². The molecule has 0 saturated heterocycles. The molecule has 0 fully saturated rings. The lowest BCUT2D eigenvalue weighted by Gasteiger charge is -2.25. The van der Waals surface area contributed by atoms with Gasteiger partial charge in [0.15, 0.2) is 0 Å². The maximum atomic E-state index is 3.57. The molecule has 2 heterocycles. The largest absolute Gasteiger partial charge is 0.365 e. The van der Waals surface area contributed by atoms with Gasteiger partial charge in [0.2, 0.25) is 0 Å². The van der Waals surface area contributed by atoms with Crippen LogP contribution >= 0.6 is 27.3 Å². The first kappa shape index (κ1) is 13.2. The van der Waals surface area contributed by atoms with Gasteiger partial charge in [-0.05, 0) is 40.5 Å². The van der Waals surface area contributed by atoms with E-state index in [1.165, 1.54) is 20.6 Å². The van der Waals surface area contributed by atoms with Crippen molar-refractivity contribution >= 4 is 33.0 Å². The van der Waals surface area contributed by atoms with E-state index in [2.05, 4.69) is 68.8 Å². The molecular formula is C15H17BrN2S. The van der Waals surface area contributed by atoms with Crippen molar-refractivity contribution in [1.82, 2.24) is 5.32 Å². The number of nitrogens with zero attached hydrogens (tertiary/aromatic N) is 1. The summed E-state index contributed by atoms with van der Waals surface area (Å²) >= 11 is 5.35. The van der Waals surface area contributed by atoms with E-state index < -0.39 is 0 Å². The monoisotopic (exact) mass is 336 g/mol. The topological polar surface area (TPSA) is 15.3 Å². The highest BCUT2D eigenvalue weighted by Crippen LogP contribution is 2.27. The number of fused-ring (bicyclic) bond motifs is 1. The molecule has 19 heavy (non-hydrogen) atoms. The quantitative estimate of drug-likeness (QED) is 0.891. The second-order valence-corrected chi connectivity index (χ2v) is 6.93. The number of hydrogen-bond donors (Lipinski definition) is 1. The summed E-state index contributed by atoms with van der Waals surface area (Å²) in [4.78, 5) is 3.88. The summed E-state index contributed by atoms with van der Waals surface area (Å²) in [6.45, 7) is 5.25. The van der Waals surface area contributed by atoms with Gasteiger partial charge in [-0.3, -0.25) is 0 Å². The summed E-state index contributed by atoms with van der Waals surface area (Å²) in [5, 5.41) is 5.73. The van der Waals surface area contributed by atoms with Crippen molar-refractivity contribution in [2.45, 2.75) is 26.1 Å². The lowest BCUT2D eigenvalue weighted by atomic mass is 10.1. The van der Waals surface area contributed by atoms with Gasteiger partial charge in [-0.25, -0.2) is 0 Å². The first-order valence-corrected chi connectivity index (χ1v) is 8.19. The molecule has 0 amide bonds. The molecule has 1 aromatic heterocycles. The Morgan fingerprint density at radius 1 is 1.42 bits per heavy atom. The Morgan fingerprint density at radius 3 is 3.05 bits per heavy atom. The van der Waals surface area contributed by atoms with Gasteiger partial charge in [0.05, 0.1) is 6.54 Å². The van der Waals surface area contributed by atoms with Crippen LogP contribution in [0, 0.1) is 0 Å². The summed E-state index contributed by atoms with van der Waals surface area (Å²) in [5.74, 6) is 0. The van der Waals surface area contributed by atoms with Crippen LogP contribution in [0.3, 0.4) is 0 Å². The van der Waals surface area contributed by atoms with E-state index in [4.69, 9.17) is 0 Å². The number of rotatable bonds is 2. The van der Waals surface area contributed by atoms with E-state index in [0.29, 0.717) is 6.04 Å². The fourth-order valence-electron chi connectivity index (χ4n) is 2.52. The second-order valence-electron chi connectivity index (χ2n) is 5.02. The molecule has 1 unspecified atom stereocenters. The Bertz CT molecular complexity index is 567. The molecule has 4 heteroatoms. The predicted octanol–water partition coefficient (Wildman–Crippen LogP) is 4.01. The second kappa shape index (κ2) is 5.65. The average molecular weight is 337 g/mol. The zero-order chi connectivity index (χ0) is 13.2. The van der Waals surface area contributed by atoms with Gasteiger partial charge in [0.1, 0.15) is 0 Å². The minimum Gasteiger partial charge on any atom is -0.365 e. The minimum atomic E-state index is 0.510. The predicted molar refractivity (Wildman–Crippen MR) is 85.8 cm³/mol. The van der Waals surface area contributed by atoms with E-state index in [9.17, 15) is 0 Å². The average Bonchev–Trinajstić information content (AvgIpc) is 2.74. The smallest absolute Gasteiger partial charge is 0.0524 e. The molecule has 1 atom stereocenters. The molecule has 0 spiro atoms. The Morgan fingerprint density at radius 2 is 2.26 bits per heavy atom. The molecule has 0 saturated carbocycles. The standard InChI is InChI=1S/C15H17BrN2S/c1-11-8-18(9-14-6-13(16)10-19-14)15-5-3-2-4-12(15)7-17-11/h2-6,10-11,17H,7-9H2,1H3. The SMILES string of the molecule is CC1CN(Cc2cc(Br)cs2)c2ccccc2CN1. The number of para-hydroxylation sites is 1. The van der Waals surface area contributed by atoms with Gasteiger partial charge >= 0.3 is 0 Å². The lowest BCUT2D eigenvalue weighted by Crippen LogP contribution is -2.35. The van der Waals surface area contributed by atoms with Crippen molar-refractivity contribution in [1.29, 1.82) is 0 Å². The molecular weight excluding hydrogens is 320 g/mol. The highest BCUT2D eigenvalue weighted by molar-refractivity contribution is 9.10. The molecule has 1 aliphatic rings. The first-order valence-electron chi connectivity index (χ1n) is 6.51. The fourth-order valence-corrected chi connectivity index (χ4v) is 3.99. The zero-order valence-corrected chi connectivity index (χ0v) is 13.3. The van der Waals surface area contributed by atoms with Crippen molar-refractivity contribution in [3.63, 3.8) is 0 Å². The van der Waals surface area contributed by atoms with Crippen LogP contribution in [-0.2, 0) is 13.1 Å². The summed E-state index contributed by atoms with van der Waals surface area (Å²) < 4.78 is 1.18. The third-order valence-electron chi connectivity index (χ3n) is 3.44. The van der Waals surface area contributed by atoms with E-state index in [-0.39, 0.29) is 0 Å². The number of nitrogens with one attached hydrogen (secondary N) is 1. The van der Waals surface area contributed by atoms with Crippen molar-refractivity contribution in [3.8, 4) is 0 Å². The minimum absolute atomic E-state index is 0.510. The van der Waals surface area contributed by atoms with E-state index in [1.807, 2.05) is 11.3 Å². The molecule has 1 aliphatic heterocycles. The van der Waals surface area contributed by atoms with E-state index in [1.54, 1.807) is 0 Å². The maximum absolute atomic E-state index is 3.57. The number of benzene rings is 1. The summed E-state index contributed by atoms with van der Waals surface area (Å²) in [6, 6.07) is 11.4. The summed E-state index contributed by atoms with van der Waals surface area (Å²) in [6.07, 6.45) is 0. The van der Waals surface area contributed by atoms with Gasteiger partial charge in [-0.2, -0.15) is 0 Å². The van der Waals surface area contributed by atoms with Crippen LogP contribution < -0.4 is 10.2 Å². The van der Waals surface area contributed by atoms with Crippen LogP contribution in [-0.4, -0.2) is 12.6 Å². The highest BCUT2D eigenvalue weighted by Gasteiger charge is 2.19. The van der Waals surface area contributed by atoms with Gasteiger partial charge in [0, 0.05) is 39.5 Å². The van der Waals surface area contributed by atoms with Crippen LogP contribution in [0.25, 0.3) is 0 Å². The fraction of sp³-hybridized carbons (Fsp3) is 0.333. The van der Waals surface area contributed by atoms with Gasteiger partial charge < -0.3 is 10.2 Å². The van der Waals surface area contributed by atoms with Gasteiger partial charge in [0.25, 0.3) is 0 Å². The maximum Gasteiger partial charge on any atom is 0.0524 e. The number of hydrogen-bond acceptors (Lipinski definition) is 3. The third-order valence-corrected chi connectivity index (χ3v) is 5.12. The Balaban J connectivity index is 1.89. The van der Waals surface area contributed by atoms with Crippen molar-refractivity contribution in [3.05, 3.63) is 50.6 Å². The number of anilines is 1. The summed E-state index contributed by atoms with van der Waals surface area (Å²) in [5.41, 5.74) is 2.76. The van der Waals surface area contributed by atoms with Crippen molar-refractivity contribution in [2.75, 3.05) is 11.4 Å². The first-order chi connectivity index (χ1) is 9.22. The molecule has 1 aromatic carbocycles. The van der Waals surface area contributed by atoms with Crippen LogP contribution in [0.4, 0.5) is 5.69 Å². The lowest BCUT2D eigenvalue weighted by molar-refractivity contribution is 0.553. The third kappa shape index (κ3) is 3.02. The van der Waals surface area contributed by atoms with Crippen molar-refractivity contribution < 1.29 is 0 Å². The normalized spacial score (nSPS) is 19.1. The molecule has 2 nitrogen and oxygen atoms in total. The van der Waals surface area contributed by atoms with Crippen LogP contribution in [0.1, 0.15) is 17.4 Å². The molecule has 2 aromatic rings. The highest BCUT2D eigenvalue weighted by atomic mass is 79.9. The summed E-state index contributed by atoms with van der Waals surface area (Å²) in [7, 11) is 0. The molecule has 0 aliphatic carbocycles. The number of thiophene rings is 1. The molecule has 1 N–H and O–H groups in total. The molecule has 0 bridgehead atoms. The van der Waals surface area contributed by atoms with Crippen LogP contribution in [0.15, 0.2) is 40.2 Å². The van der Waals surface area contributed by atoms with Crippen LogP contribution in [0.5, 0.6) is 0 Å². The van der Waals surface area contributed by atoms with Gasteiger partial charge in [-0.15, -0.1) is 11.3 Å². The number of halogens is 1. The van der Waals surface area contributed by atoms with E-state index in [0.717, 1.165) is 19.6 Å². The Kier molecular flexibility index (Phi) is 3.91. The molecule has 100 valence electrons. The van der Waals surface area contributed by atoms with Crippen molar-refractivity contribution in [2.24, 2.45) is 0 Å². The van der Waals surface area contributed by atoms with Crippen LogP contribution in [0.2, 0.25) is 0 Å².